The normalized spacial score (nSPS) is 27.5. The summed E-state index contributed by atoms with van der Waals surface area (Å²) in [4.78, 5) is 0. The molecular formula is C16H23ClO4. The minimum atomic E-state index is -0.556. The van der Waals surface area contributed by atoms with E-state index < -0.39 is 6.10 Å². The highest BCUT2D eigenvalue weighted by atomic mass is 35.5. The molecule has 1 saturated heterocycles. The van der Waals surface area contributed by atoms with Gasteiger partial charge in [0.2, 0.25) is 0 Å². The lowest BCUT2D eigenvalue weighted by Gasteiger charge is -2.38. The number of ether oxygens (including phenoxy) is 3. The third kappa shape index (κ3) is 4.41. The molecule has 1 N–H and O–H groups in total. The Kier molecular flexibility index (Phi) is 6.45. The van der Waals surface area contributed by atoms with Gasteiger partial charge in [-0.2, -0.15) is 0 Å². The molecule has 0 aliphatic carbocycles. The van der Waals surface area contributed by atoms with Crippen LogP contribution in [0.1, 0.15) is 32.3 Å². The van der Waals surface area contributed by atoms with Crippen LogP contribution in [0.4, 0.5) is 0 Å². The highest BCUT2D eigenvalue weighted by Gasteiger charge is 2.36. The van der Waals surface area contributed by atoms with Crippen molar-refractivity contribution in [3.05, 3.63) is 34.9 Å². The summed E-state index contributed by atoms with van der Waals surface area (Å²) in [5.74, 6) is 0. The lowest BCUT2D eigenvalue weighted by molar-refractivity contribution is -0.281. The SMILES string of the molecule is CCC(O)[C@H]1O[C@@H](CC)OC[C@H]1OCc1ccccc1Cl. The molecule has 21 heavy (non-hydrogen) atoms. The molecule has 1 aromatic rings. The molecule has 1 unspecified atom stereocenters. The van der Waals surface area contributed by atoms with Gasteiger partial charge in [-0.3, -0.25) is 0 Å². The van der Waals surface area contributed by atoms with Crippen molar-refractivity contribution in [2.45, 2.75) is 57.9 Å². The molecule has 4 nitrogen and oxygen atoms in total. The van der Waals surface area contributed by atoms with Crippen LogP contribution in [0.5, 0.6) is 0 Å². The predicted octanol–water partition coefficient (Wildman–Crippen LogP) is 3.15. The van der Waals surface area contributed by atoms with Crippen molar-refractivity contribution in [3.8, 4) is 0 Å². The van der Waals surface area contributed by atoms with Crippen molar-refractivity contribution < 1.29 is 19.3 Å². The second-order valence-electron chi connectivity index (χ2n) is 5.19. The van der Waals surface area contributed by atoms with Crippen molar-refractivity contribution in [2.24, 2.45) is 0 Å². The fraction of sp³-hybridized carbons (Fsp3) is 0.625. The highest BCUT2D eigenvalue weighted by molar-refractivity contribution is 6.31. The summed E-state index contributed by atoms with van der Waals surface area (Å²) in [5, 5.41) is 10.8. The molecule has 1 aliphatic heterocycles. The van der Waals surface area contributed by atoms with Crippen molar-refractivity contribution in [2.75, 3.05) is 6.61 Å². The van der Waals surface area contributed by atoms with Crippen LogP contribution in [-0.2, 0) is 20.8 Å². The first-order valence-corrected chi connectivity index (χ1v) is 7.83. The van der Waals surface area contributed by atoms with Gasteiger partial charge in [0.05, 0.1) is 19.3 Å². The van der Waals surface area contributed by atoms with Crippen LogP contribution in [0.2, 0.25) is 5.02 Å². The van der Waals surface area contributed by atoms with E-state index in [2.05, 4.69) is 0 Å². The van der Waals surface area contributed by atoms with Crippen molar-refractivity contribution >= 4 is 11.6 Å². The molecule has 0 bridgehead atoms. The van der Waals surface area contributed by atoms with E-state index in [9.17, 15) is 5.11 Å². The average molecular weight is 315 g/mol. The van der Waals surface area contributed by atoms with Gasteiger partial charge in [0, 0.05) is 5.02 Å². The Balaban J connectivity index is 1.98. The molecule has 1 heterocycles. The lowest BCUT2D eigenvalue weighted by atomic mass is 10.0. The molecule has 1 aromatic carbocycles. The van der Waals surface area contributed by atoms with E-state index in [0.717, 1.165) is 12.0 Å². The third-order valence-electron chi connectivity index (χ3n) is 3.66. The molecule has 118 valence electrons. The molecule has 1 aliphatic rings. The van der Waals surface area contributed by atoms with E-state index in [1.165, 1.54) is 0 Å². The van der Waals surface area contributed by atoms with Gasteiger partial charge in [-0.15, -0.1) is 0 Å². The van der Waals surface area contributed by atoms with Crippen LogP contribution in [-0.4, -0.2) is 36.3 Å². The minimum Gasteiger partial charge on any atom is -0.390 e. The first-order valence-electron chi connectivity index (χ1n) is 7.45. The molecule has 0 spiro atoms. The molecule has 5 heteroatoms. The van der Waals surface area contributed by atoms with Gasteiger partial charge in [0.15, 0.2) is 6.29 Å². The second-order valence-corrected chi connectivity index (χ2v) is 5.60. The van der Waals surface area contributed by atoms with Crippen LogP contribution >= 0.6 is 11.6 Å². The zero-order chi connectivity index (χ0) is 15.2. The van der Waals surface area contributed by atoms with Crippen LogP contribution < -0.4 is 0 Å². The third-order valence-corrected chi connectivity index (χ3v) is 4.03. The number of aliphatic hydroxyl groups is 1. The molecule has 1 fully saturated rings. The molecular weight excluding hydrogens is 292 g/mol. The topological polar surface area (TPSA) is 47.9 Å². The standard InChI is InChI=1S/C16H23ClO4/c1-3-13(18)16-14(10-20-15(4-2)21-16)19-9-11-7-5-6-8-12(11)17/h5-8,13-16,18H,3-4,9-10H2,1-2H3/t13?,14-,15+,16-/m1/s1. The number of halogens is 1. The van der Waals surface area contributed by atoms with E-state index in [1.54, 1.807) is 0 Å². The van der Waals surface area contributed by atoms with Gasteiger partial charge in [-0.25, -0.2) is 0 Å². The number of benzene rings is 1. The Hall–Kier alpha value is -0.650. The summed E-state index contributed by atoms with van der Waals surface area (Å²) in [7, 11) is 0. The fourth-order valence-corrected chi connectivity index (χ4v) is 2.53. The summed E-state index contributed by atoms with van der Waals surface area (Å²) in [6.07, 6.45) is -0.109. The van der Waals surface area contributed by atoms with E-state index in [-0.39, 0.29) is 18.5 Å². The maximum atomic E-state index is 10.1. The smallest absolute Gasteiger partial charge is 0.158 e. The second kappa shape index (κ2) is 8.11. The Morgan fingerprint density at radius 3 is 2.81 bits per heavy atom. The summed E-state index contributed by atoms with van der Waals surface area (Å²) < 4.78 is 17.3. The molecule has 0 amide bonds. The van der Waals surface area contributed by atoms with Gasteiger partial charge in [-0.1, -0.05) is 43.6 Å². The number of rotatable bonds is 6. The van der Waals surface area contributed by atoms with E-state index in [0.29, 0.717) is 24.7 Å². The lowest BCUT2D eigenvalue weighted by Crippen LogP contribution is -2.50. The first-order chi connectivity index (χ1) is 10.2. The molecule has 0 aromatic heterocycles. The minimum absolute atomic E-state index is 0.267. The van der Waals surface area contributed by atoms with Crippen LogP contribution in [0, 0.1) is 0 Å². The van der Waals surface area contributed by atoms with Gasteiger partial charge < -0.3 is 19.3 Å². The van der Waals surface area contributed by atoms with Crippen molar-refractivity contribution in [1.29, 1.82) is 0 Å². The van der Waals surface area contributed by atoms with Crippen LogP contribution in [0.25, 0.3) is 0 Å². The first kappa shape index (κ1) is 16.7. The van der Waals surface area contributed by atoms with E-state index >= 15 is 0 Å². The van der Waals surface area contributed by atoms with E-state index in [4.69, 9.17) is 25.8 Å². The predicted molar refractivity (Wildman–Crippen MR) is 81.2 cm³/mol. The zero-order valence-corrected chi connectivity index (χ0v) is 13.3. The summed E-state index contributed by atoms with van der Waals surface area (Å²) in [6, 6.07) is 7.56. The van der Waals surface area contributed by atoms with Gasteiger partial charge >= 0.3 is 0 Å². The fourth-order valence-electron chi connectivity index (χ4n) is 2.34. The molecule has 0 saturated carbocycles. The monoisotopic (exact) mass is 314 g/mol. The number of hydrogen-bond donors (Lipinski definition) is 1. The molecule has 0 radical (unpaired) electrons. The highest BCUT2D eigenvalue weighted by Crippen LogP contribution is 2.24. The quantitative estimate of drug-likeness (QED) is 0.876. The molecule has 2 rings (SSSR count). The molecule has 4 atom stereocenters. The Labute approximate surface area is 131 Å². The maximum Gasteiger partial charge on any atom is 0.158 e. The van der Waals surface area contributed by atoms with Crippen LogP contribution in [0.15, 0.2) is 24.3 Å². The number of aliphatic hydroxyl groups excluding tert-OH is 1. The van der Waals surface area contributed by atoms with Crippen molar-refractivity contribution in [1.82, 2.24) is 0 Å². The summed E-state index contributed by atoms with van der Waals surface area (Å²) >= 11 is 6.12. The Morgan fingerprint density at radius 1 is 1.38 bits per heavy atom. The summed E-state index contributed by atoms with van der Waals surface area (Å²) in [5.41, 5.74) is 0.918. The maximum absolute atomic E-state index is 10.1. The Morgan fingerprint density at radius 2 is 2.14 bits per heavy atom. The van der Waals surface area contributed by atoms with Gasteiger partial charge in [0.25, 0.3) is 0 Å². The summed E-state index contributed by atoms with van der Waals surface area (Å²) in [6.45, 7) is 4.71. The number of hydrogen-bond acceptors (Lipinski definition) is 4. The van der Waals surface area contributed by atoms with Crippen LogP contribution in [0.3, 0.4) is 0 Å². The zero-order valence-electron chi connectivity index (χ0n) is 12.5. The van der Waals surface area contributed by atoms with Crippen molar-refractivity contribution in [3.63, 3.8) is 0 Å². The average Bonchev–Trinajstić information content (AvgIpc) is 2.53. The van der Waals surface area contributed by atoms with Gasteiger partial charge in [0.1, 0.15) is 12.2 Å². The van der Waals surface area contributed by atoms with E-state index in [1.807, 2.05) is 38.1 Å². The Bertz CT molecular complexity index is 440. The van der Waals surface area contributed by atoms with Gasteiger partial charge in [-0.05, 0) is 24.5 Å². The largest absolute Gasteiger partial charge is 0.390 e.